The molecule has 2 aromatic carbocycles. The number of sulfone groups is 1. The second kappa shape index (κ2) is 6.62. The van der Waals surface area contributed by atoms with E-state index in [1.807, 2.05) is 0 Å². The number of rotatable bonds is 5. The summed E-state index contributed by atoms with van der Waals surface area (Å²) < 4.78 is 29.8. The fourth-order valence-corrected chi connectivity index (χ4v) is 3.55. The molecule has 5 nitrogen and oxygen atoms in total. The summed E-state index contributed by atoms with van der Waals surface area (Å²) in [6, 6.07) is 12.9. The Balaban J connectivity index is 2.39. The van der Waals surface area contributed by atoms with Gasteiger partial charge in [0.15, 0.2) is 0 Å². The summed E-state index contributed by atoms with van der Waals surface area (Å²) in [6.07, 6.45) is 0.478. The van der Waals surface area contributed by atoms with Gasteiger partial charge in [0.25, 0.3) is 0 Å². The molecule has 0 aromatic heterocycles. The van der Waals surface area contributed by atoms with Crippen molar-refractivity contribution in [2.75, 3.05) is 12.8 Å². The lowest BCUT2D eigenvalue weighted by Gasteiger charge is -2.11. The van der Waals surface area contributed by atoms with Gasteiger partial charge >= 0.3 is 5.97 Å². The maximum atomic E-state index is 12.6. The lowest BCUT2D eigenvalue weighted by Crippen LogP contribution is -2.09. The Morgan fingerprint density at radius 1 is 1.09 bits per heavy atom. The van der Waals surface area contributed by atoms with Gasteiger partial charge in [-0.3, -0.25) is 4.79 Å². The van der Waals surface area contributed by atoms with Crippen molar-refractivity contribution < 1.29 is 17.9 Å². The first-order chi connectivity index (χ1) is 10.5. The molecule has 116 valence electrons. The normalized spacial score (nSPS) is 11.1. The fourth-order valence-electron chi connectivity index (χ4n) is 2.11. The number of benzene rings is 2. The number of methoxy groups -OCH3 is 1. The molecule has 0 aliphatic rings. The van der Waals surface area contributed by atoms with Crippen LogP contribution in [-0.4, -0.2) is 21.5 Å². The van der Waals surface area contributed by atoms with Crippen LogP contribution in [0.15, 0.2) is 58.3 Å². The molecule has 2 N–H and O–H groups in total. The van der Waals surface area contributed by atoms with Crippen molar-refractivity contribution in [1.82, 2.24) is 0 Å². The van der Waals surface area contributed by atoms with E-state index in [1.165, 1.54) is 25.3 Å². The zero-order valence-corrected chi connectivity index (χ0v) is 13.0. The summed E-state index contributed by atoms with van der Waals surface area (Å²) in [4.78, 5) is 11.5. The fraction of sp³-hybridized carbons (Fsp3) is 0.188. The van der Waals surface area contributed by atoms with E-state index in [1.54, 1.807) is 30.3 Å². The molecule has 0 aliphatic heterocycles. The molecule has 6 heteroatoms. The molecule has 0 radical (unpaired) electrons. The lowest BCUT2D eigenvalue weighted by molar-refractivity contribution is -0.140. The van der Waals surface area contributed by atoms with E-state index < -0.39 is 9.84 Å². The highest BCUT2D eigenvalue weighted by molar-refractivity contribution is 7.91. The molecule has 0 saturated carbocycles. The van der Waals surface area contributed by atoms with Gasteiger partial charge in [-0.2, -0.15) is 0 Å². The van der Waals surface area contributed by atoms with Crippen molar-refractivity contribution in [1.29, 1.82) is 0 Å². The lowest BCUT2D eigenvalue weighted by atomic mass is 10.1. The summed E-state index contributed by atoms with van der Waals surface area (Å²) in [5, 5.41) is 0. The minimum Gasteiger partial charge on any atom is -0.469 e. The van der Waals surface area contributed by atoms with Gasteiger partial charge < -0.3 is 10.5 Å². The number of ether oxygens (including phenoxy) is 1. The molecule has 0 saturated heterocycles. The van der Waals surface area contributed by atoms with E-state index >= 15 is 0 Å². The zero-order chi connectivity index (χ0) is 16.2. The van der Waals surface area contributed by atoms with Gasteiger partial charge in [-0.1, -0.05) is 30.3 Å². The summed E-state index contributed by atoms with van der Waals surface area (Å²) in [6.45, 7) is 0. The van der Waals surface area contributed by atoms with Crippen LogP contribution in [0.1, 0.15) is 12.0 Å². The number of esters is 1. The summed E-state index contributed by atoms with van der Waals surface area (Å²) >= 11 is 0. The van der Waals surface area contributed by atoms with Crippen LogP contribution in [0.5, 0.6) is 0 Å². The van der Waals surface area contributed by atoms with Crippen LogP contribution in [-0.2, 0) is 25.8 Å². The molecule has 0 amide bonds. The predicted molar refractivity (Wildman–Crippen MR) is 83.1 cm³/mol. The quantitative estimate of drug-likeness (QED) is 0.674. The van der Waals surface area contributed by atoms with E-state index in [4.69, 9.17) is 5.73 Å². The average Bonchev–Trinajstić information content (AvgIpc) is 2.54. The van der Waals surface area contributed by atoms with Gasteiger partial charge in [0, 0.05) is 6.42 Å². The standard InChI is InChI=1S/C16H17NO4S/c1-21-15(18)11-10-12-6-5-9-14(16(12)17)22(19,20)13-7-3-2-4-8-13/h2-9H,10-11,17H2,1H3. The van der Waals surface area contributed by atoms with Gasteiger partial charge in [-0.05, 0) is 30.2 Å². The summed E-state index contributed by atoms with van der Waals surface area (Å²) in [5.74, 6) is -0.365. The van der Waals surface area contributed by atoms with Crippen molar-refractivity contribution in [3.05, 3.63) is 54.1 Å². The molecule has 0 atom stereocenters. The molecule has 22 heavy (non-hydrogen) atoms. The van der Waals surface area contributed by atoms with Crippen LogP contribution < -0.4 is 5.73 Å². The minimum atomic E-state index is -3.68. The van der Waals surface area contributed by atoms with E-state index in [0.717, 1.165) is 0 Å². The highest BCUT2D eigenvalue weighted by atomic mass is 32.2. The first-order valence-electron chi connectivity index (χ1n) is 6.71. The van der Waals surface area contributed by atoms with Gasteiger partial charge in [-0.25, -0.2) is 8.42 Å². The number of nitrogen functional groups attached to an aromatic ring is 1. The molecule has 0 fully saturated rings. The smallest absolute Gasteiger partial charge is 0.305 e. The van der Waals surface area contributed by atoms with Crippen LogP contribution in [0.4, 0.5) is 5.69 Å². The van der Waals surface area contributed by atoms with Gasteiger partial charge in [0.05, 0.1) is 22.6 Å². The van der Waals surface area contributed by atoms with Crippen LogP contribution in [0.3, 0.4) is 0 Å². The first kappa shape index (κ1) is 16.0. The largest absolute Gasteiger partial charge is 0.469 e. The second-order valence-electron chi connectivity index (χ2n) is 4.72. The second-order valence-corrected chi connectivity index (χ2v) is 6.64. The molecule has 0 unspecified atom stereocenters. The van der Waals surface area contributed by atoms with Crippen molar-refractivity contribution >= 4 is 21.5 Å². The minimum absolute atomic E-state index is 0.0565. The average molecular weight is 319 g/mol. The van der Waals surface area contributed by atoms with E-state index in [2.05, 4.69) is 4.74 Å². The van der Waals surface area contributed by atoms with Crippen molar-refractivity contribution in [2.24, 2.45) is 0 Å². The third-order valence-electron chi connectivity index (χ3n) is 3.33. The van der Waals surface area contributed by atoms with Crippen LogP contribution in [0, 0.1) is 0 Å². The highest BCUT2D eigenvalue weighted by Gasteiger charge is 2.21. The molecule has 0 heterocycles. The maximum absolute atomic E-state index is 12.6. The Labute approximate surface area is 129 Å². The van der Waals surface area contributed by atoms with Crippen LogP contribution in [0.2, 0.25) is 0 Å². The number of hydrogen-bond donors (Lipinski definition) is 1. The van der Waals surface area contributed by atoms with Crippen molar-refractivity contribution in [2.45, 2.75) is 22.6 Å². The number of carbonyl (C=O) groups is 1. The SMILES string of the molecule is COC(=O)CCc1cccc(S(=O)(=O)c2ccccc2)c1N. The van der Waals surface area contributed by atoms with E-state index in [-0.39, 0.29) is 27.9 Å². The van der Waals surface area contributed by atoms with Crippen molar-refractivity contribution in [3.8, 4) is 0 Å². The third kappa shape index (κ3) is 3.28. The van der Waals surface area contributed by atoms with Gasteiger partial charge in [-0.15, -0.1) is 0 Å². The Hall–Kier alpha value is -2.34. The molecule has 2 aromatic rings. The molecule has 0 bridgehead atoms. The monoisotopic (exact) mass is 319 g/mol. The summed E-state index contributed by atoms with van der Waals surface area (Å²) in [7, 11) is -2.37. The molecule has 0 spiro atoms. The number of anilines is 1. The Morgan fingerprint density at radius 2 is 1.77 bits per heavy atom. The van der Waals surface area contributed by atoms with Crippen molar-refractivity contribution in [3.63, 3.8) is 0 Å². The highest BCUT2D eigenvalue weighted by Crippen LogP contribution is 2.28. The number of para-hydroxylation sites is 1. The molecule has 0 aliphatic carbocycles. The third-order valence-corrected chi connectivity index (χ3v) is 5.15. The number of nitrogens with two attached hydrogens (primary N) is 1. The van der Waals surface area contributed by atoms with Gasteiger partial charge in [0.1, 0.15) is 0 Å². The maximum Gasteiger partial charge on any atom is 0.305 e. The number of carbonyl (C=O) groups excluding carboxylic acids is 1. The molecular formula is C16H17NO4S. The molecular weight excluding hydrogens is 302 g/mol. The van der Waals surface area contributed by atoms with E-state index in [9.17, 15) is 13.2 Å². The van der Waals surface area contributed by atoms with Crippen LogP contribution in [0.25, 0.3) is 0 Å². The van der Waals surface area contributed by atoms with Gasteiger partial charge in [0.2, 0.25) is 9.84 Å². The topological polar surface area (TPSA) is 86.5 Å². The Bertz CT molecular complexity index is 770. The number of aryl methyl sites for hydroxylation is 1. The zero-order valence-electron chi connectivity index (χ0n) is 12.2. The predicted octanol–water partition coefficient (Wildman–Crippen LogP) is 2.21. The van der Waals surface area contributed by atoms with E-state index in [0.29, 0.717) is 12.0 Å². The Kier molecular flexibility index (Phi) is 4.82. The van der Waals surface area contributed by atoms with Crippen LogP contribution >= 0.6 is 0 Å². The molecule has 2 rings (SSSR count). The Morgan fingerprint density at radius 3 is 2.41 bits per heavy atom. The first-order valence-corrected chi connectivity index (χ1v) is 8.19. The summed E-state index contributed by atoms with van der Waals surface area (Å²) in [5.41, 5.74) is 6.79. The number of hydrogen-bond acceptors (Lipinski definition) is 5.